The first-order chi connectivity index (χ1) is 45.8. The minimum atomic E-state index is -1.46. The van der Waals surface area contributed by atoms with Gasteiger partial charge in [-0.25, -0.2) is 29.3 Å². The van der Waals surface area contributed by atoms with E-state index in [1.807, 2.05) is 60.7 Å². The van der Waals surface area contributed by atoms with Gasteiger partial charge in [-0.05, 0) is 144 Å². The van der Waals surface area contributed by atoms with E-state index < -0.39 is 77.0 Å². The predicted octanol–water partition coefficient (Wildman–Crippen LogP) is 20.0. The fraction of sp³-hybridized carbons (Fsp3) is 0.205. The van der Waals surface area contributed by atoms with Crippen LogP contribution in [-0.2, 0) is 42.3 Å². The van der Waals surface area contributed by atoms with Gasteiger partial charge in [0.2, 0.25) is 53.5 Å². The van der Waals surface area contributed by atoms with Crippen LogP contribution in [0.3, 0.4) is 0 Å². The van der Waals surface area contributed by atoms with E-state index >= 15 is 0 Å². The van der Waals surface area contributed by atoms with Gasteiger partial charge in [0.25, 0.3) is 0 Å². The summed E-state index contributed by atoms with van der Waals surface area (Å²) in [5, 5.41) is 28.8. The van der Waals surface area contributed by atoms with Gasteiger partial charge < -0.3 is 41.4 Å². The number of benzene rings is 4. The van der Waals surface area contributed by atoms with E-state index in [1.54, 1.807) is 48.5 Å². The molecule has 18 nitrogen and oxygen atoms in total. The minimum Gasteiger partial charge on any atom is -0.478 e. The highest BCUT2D eigenvalue weighted by Gasteiger charge is 2.16. The van der Waals surface area contributed by atoms with Crippen LogP contribution in [0.15, 0.2) is 176 Å². The highest BCUT2D eigenvalue weighted by molar-refractivity contribution is 6.31. The second kappa shape index (κ2) is 54.4. The van der Waals surface area contributed by atoms with Crippen molar-refractivity contribution in [1.82, 2.24) is 29.9 Å². The van der Waals surface area contributed by atoms with Crippen molar-refractivity contribution in [2.24, 2.45) is 5.73 Å². The van der Waals surface area contributed by atoms with E-state index in [4.69, 9.17) is 62.4 Å². The Morgan fingerprint density at radius 2 is 0.712 bits per heavy atom. The van der Waals surface area contributed by atoms with Crippen LogP contribution in [0, 0.1) is 53.5 Å². The summed E-state index contributed by atoms with van der Waals surface area (Å²) in [6.45, 7) is 1.74. The minimum absolute atomic E-state index is 0. The van der Waals surface area contributed by atoms with E-state index in [1.165, 1.54) is 37.4 Å². The number of esters is 2. The number of aliphatic hydroxyl groups excluding tert-OH is 1. The average molecular weight is 1540 g/mol. The molecule has 7 N–H and O–H groups in total. The number of aliphatic hydroxyl groups is 1. The summed E-state index contributed by atoms with van der Waals surface area (Å²) < 4.78 is 122. The molecule has 31 heteroatoms. The number of methoxy groups -OCH3 is 2. The number of anilines is 3. The molecular formula is C73H85Cl4F9N10O8. The van der Waals surface area contributed by atoms with Gasteiger partial charge >= 0.3 is 17.9 Å². The zero-order valence-corrected chi connectivity index (χ0v) is 52.9. The fourth-order valence-corrected chi connectivity index (χ4v) is 7.24. The summed E-state index contributed by atoms with van der Waals surface area (Å²) in [5.74, 6) is -10.3. The van der Waals surface area contributed by atoms with Crippen molar-refractivity contribution in [2.75, 3.05) is 30.2 Å². The number of hydrogen-bond acceptors (Lipinski definition) is 17. The number of aromatic nitrogens is 6. The summed E-state index contributed by atoms with van der Waals surface area (Å²) in [5.41, 5.74) is 8.41. The molecule has 0 unspecified atom stereocenters. The predicted molar refractivity (Wildman–Crippen MR) is 396 cm³/mol. The molecular weight excluding hydrogens is 1460 g/mol. The lowest BCUT2D eigenvalue weighted by atomic mass is 10.2. The molecule has 0 aliphatic rings. The number of carbonyl (C=O) groups excluding carboxylic acids is 3. The van der Waals surface area contributed by atoms with Crippen LogP contribution < -0.4 is 21.7 Å². The third-order valence-corrected chi connectivity index (χ3v) is 12.6. The molecule has 0 aliphatic heterocycles. The van der Waals surface area contributed by atoms with Crippen molar-refractivity contribution in [3.8, 4) is 0 Å². The Morgan fingerprint density at radius 3 is 1.00 bits per heavy atom. The van der Waals surface area contributed by atoms with Crippen LogP contribution in [0.5, 0.6) is 0 Å². The van der Waals surface area contributed by atoms with Crippen molar-refractivity contribution >= 4 is 88.1 Å². The molecule has 10 aromatic rings. The van der Waals surface area contributed by atoms with E-state index in [2.05, 4.69) is 55.3 Å². The number of nitrogens with zero attached hydrogens (tertiary/aromatic N) is 6. The van der Waals surface area contributed by atoms with Gasteiger partial charge in [0.1, 0.15) is 34.1 Å². The molecule has 0 atom stereocenters. The van der Waals surface area contributed by atoms with Crippen LogP contribution in [0.2, 0.25) is 20.1 Å². The van der Waals surface area contributed by atoms with E-state index in [-0.39, 0.29) is 88.3 Å². The Bertz CT molecular complexity index is 4120. The molecule has 104 heavy (non-hydrogen) atoms. The highest BCUT2D eigenvalue weighted by Crippen LogP contribution is 2.18. The highest BCUT2D eigenvalue weighted by atomic mass is 35.5. The first-order valence-electron chi connectivity index (χ1n) is 27.1. The Kier molecular flexibility index (Phi) is 53.6. The Balaban J connectivity index is -0.000000369. The van der Waals surface area contributed by atoms with Gasteiger partial charge in [0.15, 0.2) is 6.29 Å². The maximum atomic E-state index is 13.6. The summed E-state index contributed by atoms with van der Waals surface area (Å²) in [7, 11) is 2.29. The molecule has 0 aliphatic carbocycles. The molecule has 0 saturated heterocycles. The van der Waals surface area contributed by atoms with Crippen molar-refractivity contribution in [2.45, 2.75) is 92.2 Å². The topological polar surface area (TPSA) is 267 Å². The van der Waals surface area contributed by atoms with Crippen LogP contribution in [0.4, 0.5) is 57.0 Å². The number of carbonyl (C=O) groups is 4. The van der Waals surface area contributed by atoms with E-state index in [0.29, 0.717) is 65.0 Å². The molecule has 0 amide bonds. The number of hydrogen-bond donors (Lipinski definition) is 6. The molecule has 0 bridgehead atoms. The summed E-state index contributed by atoms with van der Waals surface area (Å²) in [4.78, 5) is 61.9. The van der Waals surface area contributed by atoms with Crippen molar-refractivity contribution in [3.63, 3.8) is 0 Å². The van der Waals surface area contributed by atoms with Crippen LogP contribution >= 0.6 is 46.4 Å². The molecule has 6 heterocycles. The van der Waals surface area contributed by atoms with Gasteiger partial charge in [-0.15, -0.1) is 0 Å². The number of rotatable bonds is 15. The lowest BCUT2D eigenvalue weighted by molar-refractivity contribution is 0.0585. The van der Waals surface area contributed by atoms with Crippen LogP contribution in [0.1, 0.15) is 129 Å². The number of nitrogens with one attached hydrogen (secondary N) is 3. The summed E-state index contributed by atoms with van der Waals surface area (Å²) in [6.07, 6.45) is 0.436. The number of aromatic carboxylic acids is 1. The number of pyridine rings is 6. The number of halogens is 13. The summed E-state index contributed by atoms with van der Waals surface area (Å²) >= 11 is 23.0. The zero-order valence-electron chi connectivity index (χ0n) is 49.9. The first-order valence-corrected chi connectivity index (χ1v) is 28.6. The quantitative estimate of drug-likeness (QED) is 0.0241. The Hall–Kier alpha value is -10.3. The van der Waals surface area contributed by atoms with Gasteiger partial charge in [-0.1, -0.05) is 160 Å². The second-order valence-electron chi connectivity index (χ2n) is 18.3. The van der Waals surface area contributed by atoms with Gasteiger partial charge in [0.05, 0.1) is 26.4 Å². The zero-order chi connectivity index (χ0) is 70.7. The van der Waals surface area contributed by atoms with Crippen LogP contribution in [0.25, 0.3) is 0 Å². The molecule has 0 fully saturated rings. The summed E-state index contributed by atoms with van der Waals surface area (Å²) in [6, 6.07) is 45.2. The third kappa shape index (κ3) is 37.6. The monoisotopic (exact) mass is 1540 g/mol. The molecule has 6 aromatic heterocycles. The van der Waals surface area contributed by atoms with Crippen LogP contribution in [-0.4, -0.2) is 78.5 Å². The van der Waals surface area contributed by atoms with Crippen molar-refractivity contribution in [3.05, 3.63) is 300 Å². The van der Waals surface area contributed by atoms with Crippen molar-refractivity contribution < 1.29 is 78.4 Å². The molecule has 566 valence electrons. The maximum Gasteiger partial charge on any atom is 0.342 e. The van der Waals surface area contributed by atoms with Gasteiger partial charge in [-0.2, -0.15) is 54.5 Å². The number of ether oxygens (including phenoxy) is 2. The van der Waals surface area contributed by atoms with Crippen molar-refractivity contribution in [1.29, 1.82) is 0 Å². The van der Waals surface area contributed by atoms with Gasteiger partial charge in [0, 0.05) is 51.8 Å². The molecule has 0 radical (unpaired) electrons. The lowest BCUT2D eigenvalue weighted by Crippen LogP contribution is -2.08. The van der Waals surface area contributed by atoms with E-state index in [0.717, 1.165) is 70.8 Å². The van der Waals surface area contributed by atoms with Gasteiger partial charge in [-0.3, -0.25) is 4.79 Å². The molecule has 10 rings (SSSR count). The SMILES string of the molecule is C.C.C.C.C.C.C.C.COC(=O)c1ccc(F)nc1F.COC(=O)c1ccc(NCc2ccc(Cl)cc2)nc1F.Fc1cccc(F)n1.NCc1ccc(Cl)cc1.O=C(O)c1ccc(F)nc1F.O=Cc1ccc(NCc2ccc(Cl)cc2)nc1F.OCc1ccc(NCc2ccc(Cl)cc2)nc1F. The standard InChI is InChI=1S/C14H12ClFN2O2.C13H12ClFN2O.C13H10ClFN2O.C7H8ClN.C7H5F2NO2.C6H3F2NO2.C5H3F2N.8CH4/c1-20-14(19)11-6-7-12(18-13(11)16)17-8-9-2-4-10(15)5-3-9;2*14-11-4-1-9(2-5-11)7-16-12-6-3-10(8-18)13(15)17-12;8-7-3-1-6(5-9)2-4-7;1-12-7(11)4-2-3-5(8)10-6(4)9;7-4-2-1-3(6(10)11)5(8)9-4;6-4-2-1-3-5(7)8-4;;;;;;;;/h2-7H,8H2,1H3,(H,17,18);1-6,18H,7-8H2,(H,16,17);1-6,8H,7H2,(H,16,17);1-4H,5,9H2;2-3H,1H3;1-2H,(H,10,11);1-3H;8*1H4. The third-order valence-electron chi connectivity index (χ3n) is 11.6. The number of aldehydes is 1. The molecule has 4 aromatic carbocycles. The smallest absolute Gasteiger partial charge is 0.342 e. The average Bonchev–Trinajstić information content (AvgIpc) is 0.885. The second-order valence-corrected chi connectivity index (χ2v) is 20.1. The number of carboxylic acids is 1. The fourth-order valence-electron chi connectivity index (χ4n) is 6.74. The Morgan fingerprint density at radius 1 is 0.404 bits per heavy atom. The lowest BCUT2D eigenvalue weighted by Gasteiger charge is -2.07. The number of carboxylic acid groups (broad SMARTS) is 1. The molecule has 0 saturated carbocycles. The molecule has 0 spiro atoms. The number of nitrogens with two attached hydrogens (primary N) is 1. The normalized spacial score (nSPS) is 9.16. The van der Waals surface area contributed by atoms with E-state index in [9.17, 15) is 58.7 Å². The largest absolute Gasteiger partial charge is 0.478 e. The first kappa shape index (κ1) is 102. The maximum absolute atomic E-state index is 13.6. The Labute approximate surface area is 620 Å².